The van der Waals surface area contributed by atoms with Crippen LogP contribution in [-0.4, -0.2) is 71.0 Å². The van der Waals surface area contributed by atoms with Crippen LogP contribution >= 0.6 is 23.2 Å². The average molecular weight is 456 g/mol. The van der Waals surface area contributed by atoms with Gasteiger partial charge in [-0.1, -0.05) is 23.7 Å². The summed E-state index contributed by atoms with van der Waals surface area (Å²) in [6.45, 7) is 5.07. The Labute approximate surface area is 191 Å². The highest BCUT2D eigenvalue weighted by Gasteiger charge is 2.32. The van der Waals surface area contributed by atoms with Gasteiger partial charge in [0.05, 0.1) is 5.52 Å². The van der Waals surface area contributed by atoms with Gasteiger partial charge in [0.15, 0.2) is 0 Å². The van der Waals surface area contributed by atoms with Gasteiger partial charge >= 0.3 is 0 Å². The van der Waals surface area contributed by atoms with Crippen molar-refractivity contribution in [3.8, 4) is 0 Å². The van der Waals surface area contributed by atoms with Crippen LogP contribution in [0.15, 0.2) is 48.5 Å². The Kier molecular flexibility index (Phi) is 5.69. The number of piperazine rings is 1. The molecule has 2 aromatic carbocycles. The zero-order valence-corrected chi connectivity index (χ0v) is 18.6. The van der Waals surface area contributed by atoms with Crippen LogP contribution in [0.2, 0.25) is 10.3 Å². The molecule has 0 aliphatic carbocycles. The normalized spacial score (nSPS) is 19.9. The first-order chi connectivity index (χ1) is 15.1. The van der Waals surface area contributed by atoms with Crippen molar-refractivity contribution in [1.29, 1.82) is 0 Å². The summed E-state index contributed by atoms with van der Waals surface area (Å²) < 4.78 is 0. The molecule has 1 aromatic heterocycles. The third-order valence-corrected chi connectivity index (χ3v) is 6.65. The van der Waals surface area contributed by atoms with E-state index in [1.54, 1.807) is 24.3 Å². The van der Waals surface area contributed by atoms with E-state index in [2.05, 4.69) is 25.8 Å². The number of hydrogen-bond donors (Lipinski definition) is 0. The summed E-state index contributed by atoms with van der Waals surface area (Å²) in [6.07, 6.45) is 1.07. The number of nitrogens with zero attached hydrogens (tertiary/aromatic N) is 5. The molecule has 6 nitrogen and oxygen atoms in total. The minimum atomic E-state index is 0.0754. The van der Waals surface area contributed by atoms with Crippen LogP contribution < -0.4 is 4.90 Å². The van der Waals surface area contributed by atoms with E-state index in [9.17, 15) is 4.79 Å². The van der Waals surface area contributed by atoms with E-state index in [-0.39, 0.29) is 11.2 Å². The number of halogens is 2. The molecule has 2 aliphatic heterocycles. The van der Waals surface area contributed by atoms with Crippen molar-refractivity contribution in [3.63, 3.8) is 0 Å². The summed E-state index contributed by atoms with van der Waals surface area (Å²) in [5.41, 5.74) is 1.56. The number of benzene rings is 2. The Balaban J connectivity index is 1.23. The standard InChI is InChI=1S/C23H23Cl2N5O/c24-17-7-5-16(6-8-17)22(31)29-13-11-28(12-14-29)18-9-10-30(15-18)21-19-3-1-2-4-20(19)26-23(25)27-21/h1-8,18H,9-15H2/t18-/m0/s1. The van der Waals surface area contributed by atoms with Crippen LogP contribution in [0.4, 0.5) is 5.82 Å². The van der Waals surface area contributed by atoms with E-state index in [1.165, 1.54) is 0 Å². The maximum atomic E-state index is 12.8. The van der Waals surface area contributed by atoms with Gasteiger partial charge in [-0.3, -0.25) is 9.69 Å². The molecule has 3 heterocycles. The van der Waals surface area contributed by atoms with Gasteiger partial charge in [-0.15, -0.1) is 0 Å². The van der Waals surface area contributed by atoms with Crippen LogP contribution in [0.3, 0.4) is 0 Å². The molecule has 0 unspecified atom stereocenters. The maximum absolute atomic E-state index is 12.8. The summed E-state index contributed by atoms with van der Waals surface area (Å²) >= 11 is 12.1. The Morgan fingerprint density at radius 1 is 0.903 bits per heavy atom. The molecule has 2 fully saturated rings. The van der Waals surface area contributed by atoms with Crippen molar-refractivity contribution >= 4 is 45.8 Å². The first kappa shape index (κ1) is 20.5. The number of carbonyl (C=O) groups excluding carboxylic acids is 1. The van der Waals surface area contributed by atoms with Crippen molar-refractivity contribution in [2.45, 2.75) is 12.5 Å². The molecular weight excluding hydrogens is 433 g/mol. The van der Waals surface area contributed by atoms with E-state index in [0.29, 0.717) is 16.6 Å². The number of para-hydroxylation sites is 1. The molecule has 2 aliphatic rings. The van der Waals surface area contributed by atoms with E-state index in [0.717, 1.165) is 62.4 Å². The van der Waals surface area contributed by atoms with Crippen LogP contribution in [0.1, 0.15) is 16.8 Å². The number of aromatic nitrogens is 2. The Morgan fingerprint density at radius 3 is 2.42 bits per heavy atom. The lowest BCUT2D eigenvalue weighted by Gasteiger charge is -2.38. The van der Waals surface area contributed by atoms with Gasteiger partial charge in [-0.25, -0.2) is 4.98 Å². The van der Waals surface area contributed by atoms with Crippen molar-refractivity contribution in [2.75, 3.05) is 44.2 Å². The third-order valence-electron chi connectivity index (χ3n) is 6.23. The molecule has 31 heavy (non-hydrogen) atoms. The van der Waals surface area contributed by atoms with Gasteiger partial charge < -0.3 is 9.80 Å². The molecule has 0 radical (unpaired) electrons. The number of anilines is 1. The molecule has 0 saturated carbocycles. The molecule has 1 amide bonds. The fraction of sp³-hybridized carbons (Fsp3) is 0.348. The largest absolute Gasteiger partial charge is 0.354 e. The van der Waals surface area contributed by atoms with E-state index < -0.39 is 0 Å². The minimum Gasteiger partial charge on any atom is -0.354 e. The highest BCUT2D eigenvalue weighted by molar-refractivity contribution is 6.30. The van der Waals surface area contributed by atoms with Gasteiger partial charge in [0.25, 0.3) is 5.91 Å². The lowest BCUT2D eigenvalue weighted by molar-refractivity contribution is 0.0585. The van der Waals surface area contributed by atoms with Crippen LogP contribution in [0.5, 0.6) is 0 Å². The SMILES string of the molecule is O=C(c1ccc(Cl)cc1)N1CCN([C@H]2CCN(c3nc(Cl)nc4ccccc34)C2)CC1. The predicted octanol–water partition coefficient (Wildman–Crippen LogP) is 3.97. The molecule has 0 bridgehead atoms. The fourth-order valence-electron chi connectivity index (χ4n) is 4.57. The van der Waals surface area contributed by atoms with Gasteiger partial charge in [0.1, 0.15) is 5.82 Å². The van der Waals surface area contributed by atoms with Gasteiger partial charge in [0, 0.05) is 61.3 Å². The Hall–Kier alpha value is -2.41. The second kappa shape index (κ2) is 8.61. The van der Waals surface area contributed by atoms with Crippen LogP contribution in [0, 0.1) is 0 Å². The number of rotatable bonds is 3. The second-order valence-corrected chi connectivity index (χ2v) is 8.83. The fourth-order valence-corrected chi connectivity index (χ4v) is 4.87. The van der Waals surface area contributed by atoms with Crippen LogP contribution in [-0.2, 0) is 0 Å². The van der Waals surface area contributed by atoms with E-state index in [1.807, 2.05) is 23.1 Å². The lowest BCUT2D eigenvalue weighted by Crippen LogP contribution is -2.52. The molecule has 3 aromatic rings. The van der Waals surface area contributed by atoms with E-state index >= 15 is 0 Å². The smallest absolute Gasteiger partial charge is 0.253 e. The second-order valence-electron chi connectivity index (χ2n) is 8.06. The summed E-state index contributed by atoms with van der Waals surface area (Å²) in [5, 5.41) is 1.96. The lowest BCUT2D eigenvalue weighted by atomic mass is 10.1. The number of hydrogen-bond acceptors (Lipinski definition) is 5. The van der Waals surface area contributed by atoms with Gasteiger partial charge in [-0.2, -0.15) is 4.98 Å². The maximum Gasteiger partial charge on any atom is 0.253 e. The minimum absolute atomic E-state index is 0.0754. The summed E-state index contributed by atoms with van der Waals surface area (Å²) in [7, 11) is 0. The summed E-state index contributed by atoms with van der Waals surface area (Å²) in [4.78, 5) is 28.4. The van der Waals surface area contributed by atoms with Crippen molar-refractivity contribution in [1.82, 2.24) is 19.8 Å². The van der Waals surface area contributed by atoms with Gasteiger partial charge in [-0.05, 0) is 54.4 Å². The highest BCUT2D eigenvalue weighted by Crippen LogP contribution is 2.29. The summed E-state index contributed by atoms with van der Waals surface area (Å²) in [6, 6.07) is 15.6. The highest BCUT2D eigenvalue weighted by atomic mass is 35.5. The van der Waals surface area contributed by atoms with Crippen molar-refractivity contribution < 1.29 is 4.79 Å². The molecule has 0 N–H and O–H groups in total. The van der Waals surface area contributed by atoms with Crippen molar-refractivity contribution in [3.05, 3.63) is 64.4 Å². The Bertz CT molecular complexity index is 1100. The molecule has 0 spiro atoms. The zero-order valence-electron chi connectivity index (χ0n) is 17.0. The molecule has 8 heteroatoms. The zero-order chi connectivity index (χ0) is 21.4. The molecular formula is C23H23Cl2N5O. The molecule has 1 atom stereocenters. The predicted molar refractivity (Wildman–Crippen MR) is 124 cm³/mol. The molecule has 2 saturated heterocycles. The quantitative estimate of drug-likeness (QED) is 0.559. The van der Waals surface area contributed by atoms with Crippen LogP contribution in [0.25, 0.3) is 10.9 Å². The van der Waals surface area contributed by atoms with Crippen molar-refractivity contribution in [2.24, 2.45) is 0 Å². The number of amides is 1. The Morgan fingerprint density at radius 2 is 1.65 bits per heavy atom. The average Bonchev–Trinajstić information content (AvgIpc) is 3.29. The number of carbonyl (C=O) groups is 1. The first-order valence-corrected chi connectivity index (χ1v) is 11.3. The monoisotopic (exact) mass is 455 g/mol. The number of fused-ring (bicyclic) bond motifs is 1. The molecule has 5 rings (SSSR count). The molecule has 160 valence electrons. The third kappa shape index (κ3) is 4.20. The first-order valence-electron chi connectivity index (χ1n) is 10.5. The van der Waals surface area contributed by atoms with Gasteiger partial charge in [0.2, 0.25) is 5.28 Å². The topological polar surface area (TPSA) is 52.6 Å². The summed E-state index contributed by atoms with van der Waals surface area (Å²) in [5.74, 6) is 0.987. The van der Waals surface area contributed by atoms with E-state index in [4.69, 9.17) is 23.2 Å².